The number of hydrogen-bond donors (Lipinski definition) is 1. The van der Waals surface area contributed by atoms with E-state index in [2.05, 4.69) is 4.90 Å². The zero-order valence-electron chi connectivity index (χ0n) is 14.4. The highest BCUT2D eigenvalue weighted by Gasteiger charge is 2.34. The van der Waals surface area contributed by atoms with Gasteiger partial charge in [-0.05, 0) is 31.6 Å². The largest absolute Gasteiger partial charge is 0.392 e. The summed E-state index contributed by atoms with van der Waals surface area (Å²) < 4.78 is 24.6. The molecule has 3 aliphatic rings. The van der Waals surface area contributed by atoms with Gasteiger partial charge < -0.3 is 10.0 Å². The van der Waals surface area contributed by atoms with Crippen molar-refractivity contribution in [2.45, 2.75) is 31.8 Å². The Kier molecular flexibility index (Phi) is 5.48. The third-order valence-electron chi connectivity index (χ3n) is 5.57. The van der Waals surface area contributed by atoms with Crippen LogP contribution >= 0.6 is 0 Å². The van der Waals surface area contributed by atoms with Crippen LogP contribution < -0.4 is 0 Å². The molecule has 0 aromatic carbocycles. The van der Waals surface area contributed by atoms with Crippen molar-refractivity contribution in [3.05, 3.63) is 0 Å². The minimum absolute atomic E-state index is 0.0494. The molecule has 8 heteroatoms. The van der Waals surface area contributed by atoms with Crippen LogP contribution in [0.5, 0.6) is 0 Å². The minimum atomic E-state index is -3.14. The Hall–Kier alpha value is -0.700. The van der Waals surface area contributed by atoms with Crippen molar-refractivity contribution in [1.29, 1.82) is 0 Å². The van der Waals surface area contributed by atoms with Crippen molar-refractivity contribution in [2.75, 3.05) is 52.1 Å². The maximum absolute atomic E-state index is 12.6. The predicted octanol–water partition coefficient (Wildman–Crippen LogP) is -0.427. The molecule has 1 saturated carbocycles. The molecule has 138 valence electrons. The zero-order chi connectivity index (χ0) is 17.3. The maximum atomic E-state index is 12.6. The van der Waals surface area contributed by atoms with Gasteiger partial charge in [-0.25, -0.2) is 12.7 Å². The average Bonchev–Trinajstić information content (AvgIpc) is 3.39. The monoisotopic (exact) mass is 359 g/mol. The summed E-state index contributed by atoms with van der Waals surface area (Å²) in [5, 5.41) is 10.0. The number of piperazine rings is 1. The predicted molar refractivity (Wildman–Crippen MR) is 90.9 cm³/mol. The summed E-state index contributed by atoms with van der Waals surface area (Å²) in [6.07, 6.45) is 4.54. The van der Waals surface area contributed by atoms with Gasteiger partial charge in [0.05, 0.1) is 12.4 Å². The van der Waals surface area contributed by atoms with Crippen LogP contribution in [0.25, 0.3) is 0 Å². The number of aliphatic hydroxyl groups is 1. The Labute approximate surface area is 144 Å². The molecular formula is C16H29N3O4S. The number of piperidine rings is 1. The fraction of sp³-hybridized carbons (Fsp3) is 0.938. The van der Waals surface area contributed by atoms with Gasteiger partial charge in [-0.1, -0.05) is 0 Å². The Morgan fingerprint density at radius 1 is 1.04 bits per heavy atom. The average molecular weight is 359 g/mol. The third-order valence-corrected chi connectivity index (χ3v) is 6.87. The van der Waals surface area contributed by atoms with E-state index in [-0.39, 0.29) is 17.9 Å². The SMILES string of the molecule is CS(=O)(=O)N1CCC(C(=O)N2CCN(C[C@@H](O)C3CC3)CC2)CC1. The van der Waals surface area contributed by atoms with Crippen molar-refractivity contribution in [2.24, 2.45) is 11.8 Å². The van der Waals surface area contributed by atoms with E-state index in [1.807, 2.05) is 4.90 Å². The van der Waals surface area contributed by atoms with E-state index in [0.29, 0.717) is 44.9 Å². The second kappa shape index (κ2) is 7.27. The smallest absolute Gasteiger partial charge is 0.225 e. The summed E-state index contributed by atoms with van der Waals surface area (Å²) in [7, 11) is -3.14. The van der Waals surface area contributed by atoms with Gasteiger partial charge in [-0.15, -0.1) is 0 Å². The molecule has 1 N–H and O–H groups in total. The molecule has 24 heavy (non-hydrogen) atoms. The van der Waals surface area contributed by atoms with Crippen molar-refractivity contribution in [1.82, 2.24) is 14.1 Å². The first-order chi connectivity index (χ1) is 11.3. The molecule has 1 amide bonds. The number of carbonyl (C=O) groups is 1. The fourth-order valence-corrected chi connectivity index (χ4v) is 4.61. The molecule has 1 aliphatic carbocycles. The Balaban J connectivity index is 1.42. The van der Waals surface area contributed by atoms with Crippen LogP contribution in [0.4, 0.5) is 0 Å². The van der Waals surface area contributed by atoms with Crippen LogP contribution in [0.2, 0.25) is 0 Å². The van der Waals surface area contributed by atoms with Gasteiger partial charge in [0.1, 0.15) is 0 Å². The molecule has 2 saturated heterocycles. The molecule has 0 unspecified atom stereocenters. The van der Waals surface area contributed by atoms with Crippen LogP contribution in [-0.4, -0.2) is 91.7 Å². The van der Waals surface area contributed by atoms with Gasteiger partial charge in [0.15, 0.2) is 0 Å². The van der Waals surface area contributed by atoms with Gasteiger partial charge in [0.25, 0.3) is 0 Å². The highest BCUT2D eigenvalue weighted by atomic mass is 32.2. The van der Waals surface area contributed by atoms with Gasteiger partial charge in [-0.3, -0.25) is 9.69 Å². The van der Waals surface area contributed by atoms with E-state index in [1.54, 1.807) is 0 Å². The second-order valence-electron chi connectivity index (χ2n) is 7.47. The standard InChI is InChI=1S/C16H29N3O4S/c1-24(22,23)19-6-4-14(5-7-19)16(21)18-10-8-17(9-11-18)12-15(20)13-2-3-13/h13-15,20H,2-12H2,1H3/t15-/m1/s1. The molecule has 0 bridgehead atoms. The van der Waals surface area contributed by atoms with Crippen molar-refractivity contribution in [3.8, 4) is 0 Å². The second-order valence-corrected chi connectivity index (χ2v) is 9.45. The molecule has 2 aliphatic heterocycles. The summed E-state index contributed by atoms with van der Waals surface area (Å²) in [6.45, 7) is 4.67. The van der Waals surface area contributed by atoms with Crippen molar-refractivity contribution in [3.63, 3.8) is 0 Å². The van der Waals surface area contributed by atoms with Crippen LogP contribution in [0, 0.1) is 11.8 Å². The third kappa shape index (κ3) is 4.47. The lowest BCUT2D eigenvalue weighted by Gasteiger charge is -2.38. The van der Waals surface area contributed by atoms with Crippen molar-refractivity contribution >= 4 is 15.9 Å². The number of rotatable bonds is 5. The van der Waals surface area contributed by atoms with Crippen LogP contribution in [-0.2, 0) is 14.8 Å². The lowest BCUT2D eigenvalue weighted by molar-refractivity contribution is -0.138. The molecule has 0 radical (unpaired) electrons. The first kappa shape index (κ1) is 18.1. The van der Waals surface area contributed by atoms with E-state index < -0.39 is 10.0 Å². The lowest BCUT2D eigenvalue weighted by Crippen LogP contribution is -2.53. The number of nitrogens with zero attached hydrogens (tertiary/aromatic N) is 3. The molecule has 3 fully saturated rings. The summed E-state index contributed by atoms with van der Waals surface area (Å²) in [6, 6.07) is 0. The number of β-amino-alcohol motifs (C(OH)–C–C–N with tert-alkyl or cyclic N) is 1. The molecule has 7 nitrogen and oxygen atoms in total. The molecule has 3 rings (SSSR count). The van der Waals surface area contributed by atoms with Gasteiger partial charge in [0.2, 0.25) is 15.9 Å². The van der Waals surface area contributed by atoms with E-state index in [1.165, 1.54) is 10.6 Å². The fourth-order valence-electron chi connectivity index (χ4n) is 3.74. The molecule has 0 spiro atoms. The van der Waals surface area contributed by atoms with Gasteiger partial charge in [-0.2, -0.15) is 0 Å². The zero-order valence-corrected chi connectivity index (χ0v) is 15.2. The number of sulfonamides is 1. The number of hydrogen-bond acceptors (Lipinski definition) is 5. The van der Waals surface area contributed by atoms with E-state index in [4.69, 9.17) is 0 Å². The van der Waals surface area contributed by atoms with Gasteiger partial charge >= 0.3 is 0 Å². The number of amides is 1. The summed E-state index contributed by atoms with van der Waals surface area (Å²) in [5.74, 6) is 0.613. The van der Waals surface area contributed by atoms with E-state index in [0.717, 1.165) is 32.5 Å². The quantitative estimate of drug-likeness (QED) is 0.721. The van der Waals surface area contributed by atoms with Crippen molar-refractivity contribution < 1.29 is 18.3 Å². The van der Waals surface area contributed by atoms with Crippen LogP contribution in [0.15, 0.2) is 0 Å². The Morgan fingerprint density at radius 2 is 1.62 bits per heavy atom. The van der Waals surface area contributed by atoms with E-state index >= 15 is 0 Å². The van der Waals surface area contributed by atoms with Gasteiger partial charge in [0, 0.05) is 51.7 Å². The number of carbonyl (C=O) groups excluding carboxylic acids is 1. The summed E-state index contributed by atoms with van der Waals surface area (Å²) >= 11 is 0. The Morgan fingerprint density at radius 3 is 2.12 bits per heavy atom. The molecule has 1 atom stereocenters. The molecule has 0 aromatic heterocycles. The molecule has 0 aromatic rings. The molecular weight excluding hydrogens is 330 g/mol. The maximum Gasteiger partial charge on any atom is 0.225 e. The summed E-state index contributed by atoms with van der Waals surface area (Å²) in [4.78, 5) is 16.8. The van der Waals surface area contributed by atoms with E-state index in [9.17, 15) is 18.3 Å². The first-order valence-electron chi connectivity index (χ1n) is 8.99. The topological polar surface area (TPSA) is 81.2 Å². The normalized spacial score (nSPS) is 26.5. The Bertz CT molecular complexity index is 548. The first-order valence-corrected chi connectivity index (χ1v) is 10.8. The number of aliphatic hydroxyl groups excluding tert-OH is 1. The minimum Gasteiger partial charge on any atom is -0.392 e. The lowest BCUT2D eigenvalue weighted by atomic mass is 9.96. The highest BCUT2D eigenvalue weighted by Crippen LogP contribution is 2.33. The van der Waals surface area contributed by atoms with Crippen LogP contribution in [0.1, 0.15) is 25.7 Å². The molecule has 2 heterocycles. The summed E-state index contributed by atoms with van der Waals surface area (Å²) in [5.41, 5.74) is 0. The van der Waals surface area contributed by atoms with Crippen LogP contribution in [0.3, 0.4) is 0 Å². The highest BCUT2D eigenvalue weighted by molar-refractivity contribution is 7.88.